The van der Waals surface area contributed by atoms with Crippen molar-refractivity contribution in [2.45, 2.75) is 20.3 Å². The van der Waals surface area contributed by atoms with Gasteiger partial charge in [0.15, 0.2) is 5.65 Å². The highest BCUT2D eigenvalue weighted by Gasteiger charge is 2.22. The highest BCUT2D eigenvalue weighted by atomic mass is 16.5. The molecule has 0 unspecified atom stereocenters. The van der Waals surface area contributed by atoms with E-state index in [2.05, 4.69) is 18.7 Å². The van der Waals surface area contributed by atoms with Crippen LogP contribution < -0.4 is 14.4 Å². The van der Waals surface area contributed by atoms with Crippen LogP contribution in [-0.4, -0.2) is 55.1 Å². The van der Waals surface area contributed by atoms with Crippen molar-refractivity contribution in [1.29, 1.82) is 0 Å². The van der Waals surface area contributed by atoms with Gasteiger partial charge in [-0.25, -0.2) is 4.98 Å². The lowest BCUT2D eigenvalue weighted by molar-refractivity contribution is 0.122. The van der Waals surface area contributed by atoms with Crippen molar-refractivity contribution in [2.24, 2.45) is 0 Å². The molecule has 28 heavy (non-hydrogen) atoms. The Kier molecular flexibility index (Phi) is 5.09. The molecular weight excluding hydrogens is 356 g/mol. The van der Waals surface area contributed by atoms with Crippen molar-refractivity contribution in [3.05, 3.63) is 35.5 Å². The fourth-order valence-electron chi connectivity index (χ4n) is 3.75. The van der Waals surface area contributed by atoms with Gasteiger partial charge < -0.3 is 19.1 Å². The SMILES string of the molecule is CCc1c(C)nc2cc(-c3cc(OC)cc(OC)c3)nn2c1N1CCOCC1. The Balaban J connectivity index is 1.89. The van der Waals surface area contributed by atoms with Crippen LogP contribution in [0, 0.1) is 6.92 Å². The zero-order chi connectivity index (χ0) is 19.7. The number of benzene rings is 1. The van der Waals surface area contributed by atoms with E-state index in [9.17, 15) is 0 Å². The summed E-state index contributed by atoms with van der Waals surface area (Å²) in [5, 5.41) is 4.92. The molecule has 0 radical (unpaired) electrons. The van der Waals surface area contributed by atoms with Crippen molar-refractivity contribution < 1.29 is 14.2 Å². The van der Waals surface area contributed by atoms with Crippen LogP contribution >= 0.6 is 0 Å². The van der Waals surface area contributed by atoms with Gasteiger partial charge in [-0.15, -0.1) is 0 Å². The van der Waals surface area contributed by atoms with E-state index < -0.39 is 0 Å². The van der Waals surface area contributed by atoms with Gasteiger partial charge in [0, 0.05) is 42.0 Å². The standard InChI is InChI=1S/C21H26N4O3/c1-5-18-14(2)22-20-13-19(15-10-16(26-3)12-17(11-15)27-4)23-25(20)21(18)24-6-8-28-9-7-24/h10-13H,5-9H2,1-4H3. The predicted octanol–water partition coefficient (Wildman–Crippen LogP) is 3.12. The van der Waals surface area contributed by atoms with Crippen LogP contribution in [0.4, 0.5) is 5.82 Å². The molecule has 1 aliphatic heterocycles. The molecule has 0 atom stereocenters. The van der Waals surface area contributed by atoms with E-state index in [4.69, 9.17) is 24.3 Å². The summed E-state index contributed by atoms with van der Waals surface area (Å²) in [7, 11) is 3.30. The lowest BCUT2D eigenvalue weighted by Gasteiger charge is -2.31. The molecule has 0 N–H and O–H groups in total. The molecule has 1 aliphatic rings. The van der Waals surface area contributed by atoms with Gasteiger partial charge in [-0.2, -0.15) is 9.61 Å². The minimum absolute atomic E-state index is 0.729. The normalized spacial score (nSPS) is 14.5. The van der Waals surface area contributed by atoms with Gasteiger partial charge in [0.25, 0.3) is 0 Å². The van der Waals surface area contributed by atoms with Crippen LogP contribution in [0.15, 0.2) is 24.3 Å². The summed E-state index contributed by atoms with van der Waals surface area (Å²) in [6.07, 6.45) is 0.906. The molecule has 3 heterocycles. The number of anilines is 1. The summed E-state index contributed by atoms with van der Waals surface area (Å²) in [6.45, 7) is 7.41. The Morgan fingerprint density at radius 2 is 1.71 bits per heavy atom. The van der Waals surface area contributed by atoms with Crippen molar-refractivity contribution in [3.8, 4) is 22.8 Å². The van der Waals surface area contributed by atoms with E-state index in [1.807, 2.05) is 28.8 Å². The second-order valence-corrected chi connectivity index (χ2v) is 6.85. The first kappa shape index (κ1) is 18.6. The number of ether oxygens (including phenoxy) is 3. The Labute approximate surface area is 164 Å². The number of hydrogen-bond acceptors (Lipinski definition) is 6. The maximum absolute atomic E-state index is 5.55. The molecule has 148 valence electrons. The maximum atomic E-state index is 5.55. The summed E-state index contributed by atoms with van der Waals surface area (Å²) in [5.41, 5.74) is 4.89. The molecule has 0 spiro atoms. The highest BCUT2D eigenvalue weighted by Crippen LogP contribution is 2.32. The minimum atomic E-state index is 0.729. The predicted molar refractivity (Wildman–Crippen MR) is 109 cm³/mol. The van der Waals surface area contributed by atoms with Crippen LogP contribution in [0.25, 0.3) is 16.9 Å². The molecule has 0 amide bonds. The Hall–Kier alpha value is -2.80. The average molecular weight is 382 g/mol. The van der Waals surface area contributed by atoms with Crippen LogP contribution in [0.3, 0.4) is 0 Å². The number of morpholine rings is 1. The van der Waals surface area contributed by atoms with Gasteiger partial charge in [0.05, 0.1) is 33.1 Å². The summed E-state index contributed by atoms with van der Waals surface area (Å²) >= 11 is 0. The number of nitrogens with zero attached hydrogens (tertiary/aromatic N) is 4. The molecule has 4 rings (SSSR count). The van der Waals surface area contributed by atoms with Crippen molar-refractivity contribution in [3.63, 3.8) is 0 Å². The second kappa shape index (κ2) is 7.67. The minimum Gasteiger partial charge on any atom is -0.497 e. The molecule has 0 aliphatic carbocycles. The second-order valence-electron chi connectivity index (χ2n) is 6.85. The summed E-state index contributed by atoms with van der Waals surface area (Å²) in [6, 6.07) is 7.80. The van der Waals surface area contributed by atoms with Gasteiger partial charge in [-0.3, -0.25) is 0 Å². The molecule has 7 nitrogen and oxygen atoms in total. The topological polar surface area (TPSA) is 61.1 Å². The first-order valence-electron chi connectivity index (χ1n) is 9.60. The van der Waals surface area contributed by atoms with E-state index in [0.717, 1.165) is 72.6 Å². The maximum Gasteiger partial charge on any atom is 0.158 e. The average Bonchev–Trinajstić information content (AvgIpc) is 3.16. The summed E-state index contributed by atoms with van der Waals surface area (Å²) in [4.78, 5) is 7.17. The first-order valence-corrected chi connectivity index (χ1v) is 9.60. The van der Waals surface area contributed by atoms with Crippen molar-refractivity contribution in [1.82, 2.24) is 14.6 Å². The molecule has 0 bridgehead atoms. The van der Waals surface area contributed by atoms with Crippen LogP contribution in [-0.2, 0) is 11.2 Å². The van der Waals surface area contributed by atoms with E-state index in [0.29, 0.717) is 0 Å². The van der Waals surface area contributed by atoms with E-state index in [1.54, 1.807) is 14.2 Å². The third-order valence-electron chi connectivity index (χ3n) is 5.19. The third kappa shape index (κ3) is 3.26. The lowest BCUT2D eigenvalue weighted by atomic mass is 10.1. The smallest absolute Gasteiger partial charge is 0.158 e. The molecule has 0 saturated carbocycles. The number of aromatic nitrogens is 3. The molecule has 2 aromatic heterocycles. The number of hydrogen-bond donors (Lipinski definition) is 0. The van der Waals surface area contributed by atoms with Crippen LogP contribution in [0.1, 0.15) is 18.2 Å². The Morgan fingerprint density at radius 1 is 1.04 bits per heavy atom. The highest BCUT2D eigenvalue weighted by molar-refractivity contribution is 5.69. The van der Waals surface area contributed by atoms with Gasteiger partial charge in [0.1, 0.15) is 17.3 Å². The molecule has 7 heteroatoms. The number of methoxy groups -OCH3 is 2. The van der Waals surface area contributed by atoms with Gasteiger partial charge >= 0.3 is 0 Å². The zero-order valence-corrected chi connectivity index (χ0v) is 16.9. The first-order chi connectivity index (χ1) is 13.6. The number of fused-ring (bicyclic) bond motifs is 1. The van der Waals surface area contributed by atoms with E-state index in [-0.39, 0.29) is 0 Å². The van der Waals surface area contributed by atoms with Crippen molar-refractivity contribution in [2.75, 3.05) is 45.4 Å². The van der Waals surface area contributed by atoms with Crippen molar-refractivity contribution >= 4 is 11.5 Å². The molecule has 3 aromatic rings. The molecule has 1 saturated heterocycles. The molecule has 1 aromatic carbocycles. The lowest BCUT2D eigenvalue weighted by Crippen LogP contribution is -2.38. The molecular formula is C21H26N4O3. The van der Waals surface area contributed by atoms with E-state index >= 15 is 0 Å². The Bertz CT molecular complexity index is 971. The number of rotatable bonds is 5. The fourth-order valence-corrected chi connectivity index (χ4v) is 3.75. The number of aryl methyl sites for hydroxylation is 1. The van der Waals surface area contributed by atoms with Crippen LogP contribution in [0.2, 0.25) is 0 Å². The summed E-state index contributed by atoms with van der Waals surface area (Å²) in [5.74, 6) is 2.59. The Morgan fingerprint density at radius 3 is 2.32 bits per heavy atom. The quantitative estimate of drug-likeness (QED) is 0.676. The molecule has 1 fully saturated rings. The largest absolute Gasteiger partial charge is 0.497 e. The third-order valence-corrected chi connectivity index (χ3v) is 5.19. The van der Waals surface area contributed by atoms with Gasteiger partial charge in [0.2, 0.25) is 0 Å². The zero-order valence-electron chi connectivity index (χ0n) is 16.9. The monoisotopic (exact) mass is 382 g/mol. The van der Waals surface area contributed by atoms with Crippen LogP contribution in [0.5, 0.6) is 11.5 Å². The van der Waals surface area contributed by atoms with Gasteiger partial charge in [-0.05, 0) is 25.5 Å². The fraction of sp³-hybridized carbons (Fsp3) is 0.429. The van der Waals surface area contributed by atoms with E-state index in [1.165, 1.54) is 5.56 Å². The summed E-state index contributed by atoms with van der Waals surface area (Å²) < 4.78 is 18.3. The van der Waals surface area contributed by atoms with Gasteiger partial charge in [-0.1, -0.05) is 6.92 Å².